The number of pyridine rings is 1. The number of para-hydroxylation sites is 1. The Morgan fingerprint density at radius 2 is 2.13 bits per heavy atom. The summed E-state index contributed by atoms with van der Waals surface area (Å²) in [5.74, 6) is 0. The number of rotatable bonds is 8. The first-order valence-corrected chi connectivity index (χ1v) is 11.5. The van der Waals surface area contributed by atoms with Crippen molar-refractivity contribution in [1.29, 1.82) is 0 Å². The summed E-state index contributed by atoms with van der Waals surface area (Å²) >= 11 is 5.72. The number of aromatic nitrogens is 1. The van der Waals surface area contributed by atoms with Crippen LogP contribution in [0.15, 0.2) is 29.1 Å². The monoisotopic (exact) mass is 431 g/mol. The molecule has 30 heavy (non-hydrogen) atoms. The number of benzene rings is 1. The summed E-state index contributed by atoms with van der Waals surface area (Å²) in [5.41, 5.74) is 2.71. The smallest absolute Gasteiger partial charge is 0.253 e. The van der Waals surface area contributed by atoms with E-state index in [9.17, 15) is 4.79 Å². The van der Waals surface area contributed by atoms with Gasteiger partial charge in [0.2, 0.25) is 0 Å². The molecule has 164 valence electrons. The van der Waals surface area contributed by atoms with Gasteiger partial charge in [0.05, 0.1) is 31.8 Å². The van der Waals surface area contributed by atoms with E-state index in [1.807, 2.05) is 31.2 Å². The van der Waals surface area contributed by atoms with Crippen LogP contribution < -0.4 is 15.8 Å². The first kappa shape index (κ1) is 22.7. The van der Waals surface area contributed by atoms with Gasteiger partial charge < -0.3 is 24.8 Å². The Kier molecular flexibility index (Phi) is 8.24. The number of H-pyrrole nitrogens is 1. The lowest BCUT2D eigenvalue weighted by molar-refractivity contribution is -0.908. The number of ether oxygens (including phenoxy) is 1. The summed E-state index contributed by atoms with van der Waals surface area (Å²) in [7, 11) is 0. The summed E-state index contributed by atoms with van der Waals surface area (Å²) in [6.07, 6.45) is 2.03. The van der Waals surface area contributed by atoms with Crippen LogP contribution in [0.4, 0.5) is 0 Å². The Morgan fingerprint density at radius 3 is 2.87 bits per heavy atom. The van der Waals surface area contributed by atoms with Crippen molar-refractivity contribution in [3.05, 3.63) is 45.7 Å². The number of quaternary nitrogens is 1. The van der Waals surface area contributed by atoms with E-state index in [4.69, 9.17) is 17.0 Å². The zero-order valence-electron chi connectivity index (χ0n) is 18.4. The minimum atomic E-state index is -0.0352. The normalized spacial score (nSPS) is 15.8. The highest BCUT2D eigenvalue weighted by Crippen LogP contribution is 2.16. The van der Waals surface area contributed by atoms with E-state index in [-0.39, 0.29) is 5.56 Å². The maximum absolute atomic E-state index is 12.8. The average molecular weight is 432 g/mol. The number of aromatic amines is 1. The van der Waals surface area contributed by atoms with Crippen LogP contribution >= 0.6 is 12.2 Å². The Labute approximate surface area is 184 Å². The van der Waals surface area contributed by atoms with Gasteiger partial charge in [-0.3, -0.25) is 4.79 Å². The predicted molar refractivity (Wildman–Crippen MR) is 126 cm³/mol. The number of nitrogens with zero attached hydrogens (tertiary/aromatic N) is 1. The first-order valence-electron chi connectivity index (χ1n) is 11.1. The number of morpholine rings is 1. The van der Waals surface area contributed by atoms with Gasteiger partial charge in [-0.25, -0.2) is 0 Å². The molecule has 0 unspecified atom stereocenters. The molecule has 7 heteroatoms. The van der Waals surface area contributed by atoms with E-state index in [0.29, 0.717) is 12.6 Å². The van der Waals surface area contributed by atoms with Gasteiger partial charge in [-0.2, -0.15) is 0 Å². The minimum absolute atomic E-state index is 0.0352. The summed E-state index contributed by atoms with van der Waals surface area (Å²) in [4.78, 5) is 19.6. The van der Waals surface area contributed by atoms with Crippen molar-refractivity contribution in [2.75, 3.05) is 39.4 Å². The summed E-state index contributed by atoms with van der Waals surface area (Å²) in [5, 5.41) is 5.21. The predicted octanol–water partition coefficient (Wildman–Crippen LogP) is 1.62. The van der Waals surface area contributed by atoms with Crippen molar-refractivity contribution >= 4 is 28.2 Å². The maximum Gasteiger partial charge on any atom is 0.253 e. The molecule has 0 radical (unpaired) electrons. The Bertz CT molecular complexity index is 908. The lowest BCUT2D eigenvalue weighted by atomic mass is 10.1. The summed E-state index contributed by atoms with van der Waals surface area (Å²) < 4.78 is 5.46. The quantitative estimate of drug-likeness (QED) is 0.555. The SMILES string of the molecule is CC[C@@H](C)NC(=S)N(CCC[NH+]1CCOCC1)Cc1cc2cccc(C)c2[nH]c1=O. The van der Waals surface area contributed by atoms with Gasteiger partial charge in [-0.05, 0) is 49.5 Å². The third-order valence-corrected chi connectivity index (χ3v) is 6.33. The number of hydrogen-bond donors (Lipinski definition) is 3. The summed E-state index contributed by atoms with van der Waals surface area (Å²) in [6.45, 7) is 12.6. The lowest BCUT2D eigenvalue weighted by Crippen LogP contribution is -3.14. The van der Waals surface area contributed by atoms with Crippen LogP contribution in [0, 0.1) is 6.92 Å². The number of hydrogen-bond acceptors (Lipinski definition) is 3. The van der Waals surface area contributed by atoms with E-state index < -0.39 is 0 Å². The van der Waals surface area contributed by atoms with E-state index in [1.54, 1.807) is 4.90 Å². The molecule has 0 saturated carbocycles. The third-order valence-electron chi connectivity index (χ3n) is 5.95. The van der Waals surface area contributed by atoms with Gasteiger partial charge >= 0.3 is 0 Å². The number of nitrogens with one attached hydrogen (secondary N) is 3. The Hall–Kier alpha value is -1.96. The molecule has 1 aromatic heterocycles. The molecule has 1 atom stereocenters. The van der Waals surface area contributed by atoms with Gasteiger partial charge in [0.1, 0.15) is 13.1 Å². The molecule has 1 aromatic carbocycles. The van der Waals surface area contributed by atoms with Crippen molar-refractivity contribution in [3.8, 4) is 0 Å². The largest absolute Gasteiger partial charge is 0.370 e. The highest BCUT2D eigenvalue weighted by Gasteiger charge is 2.17. The van der Waals surface area contributed by atoms with Crippen molar-refractivity contribution in [2.24, 2.45) is 0 Å². The maximum atomic E-state index is 12.8. The minimum Gasteiger partial charge on any atom is -0.370 e. The summed E-state index contributed by atoms with van der Waals surface area (Å²) in [6, 6.07) is 8.40. The number of thiocarbonyl (C=S) groups is 1. The van der Waals surface area contributed by atoms with Crippen molar-refractivity contribution in [3.63, 3.8) is 0 Å². The van der Waals surface area contributed by atoms with Crippen LogP contribution in [0.1, 0.15) is 37.8 Å². The van der Waals surface area contributed by atoms with Crippen LogP contribution in [0.25, 0.3) is 10.9 Å². The highest BCUT2D eigenvalue weighted by atomic mass is 32.1. The topological polar surface area (TPSA) is 61.8 Å². The molecule has 6 nitrogen and oxygen atoms in total. The van der Waals surface area contributed by atoms with Crippen LogP contribution in [0.2, 0.25) is 0 Å². The second-order valence-electron chi connectivity index (χ2n) is 8.31. The number of fused-ring (bicyclic) bond motifs is 1. The van der Waals surface area contributed by atoms with Crippen molar-refractivity contribution < 1.29 is 9.64 Å². The average Bonchev–Trinajstić information content (AvgIpc) is 2.74. The fourth-order valence-electron chi connectivity index (χ4n) is 3.84. The molecule has 1 aliphatic rings. The molecule has 0 aliphatic carbocycles. The zero-order valence-corrected chi connectivity index (χ0v) is 19.2. The van der Waals surface area contributed by atoms with Crippen molar-refractivity contribution in [2.45, 2.75) is 46.2 Å². The zero-order chi connectivity index (χ0) is 21.5. The first-order chi connectivity index (χ1) is 14.5. The second kappa shape index (κ2) is 10.9. The molecule has 3 rings (SSSR count). The van der Waals surface area contributed by atoms with Gasteiger partial charge in [-0.15, -0.1) is 0 Å². The molecule has 2 heterocycles. The molecule has 0 amide bonds. The Morgan fingerprint density at radius 1 is 1.37 bits per heavy atom. The third kappa shape index (κ3) is 6.03. The second-order valence-corrected chi connectivity index (χ2v) is 8.70. The molecule has 1 aliphatic heterocycles. The van der Waals surface area contributed by atoms with Gasteiger partial charge in [0.15, 0.2) is 5.11 Å². The number of aryl methyl sites for hydroxylation is 1. The van der Waals surface area contributed by atoms with Crippen LogP contribution in [-0.4, -0.2) is 60.4 Å². The molecular formula is C23H35N4O2S+. The molecular weight excluding hydrogens is 396 g/mol. The highest BCUT2D eigenvalue weighted by molar-refractivity contribution is 7.80. The molecule has 0 bridgehead atoms. The van der Waals surface area contributed by atoms with Crippen LogP contribution in [-0.2, 0) is 11.3 Å². The molecule has 3 N–H and O–H groups in total. The van der Waals surface area contributed by atoms with E-state index in [0.717, 1.165) is 79.4 Å². The fourth-order valence-corrected chi connectivity index (χ4v) is 4.20. The van der Waals surface area contributed by atoms with Gasteiger partial charge in [0.25, 0.3) is 5.56 Å². The lowest BCUT2D eigenvalue weighted by Gasteiger charge is -2.29. The van der Waals surface area contributed by atoms with E-state index in [2.05, 4.69) is 29.0 Å². The molecule has 2 aromatic rings. The Balaban J connectivity index is 1.73. The van der Waals surface area contributed by atoms with Crippen LogP contribution in [0.5, 0.6) is 0 Å². The molecule has 1 saturated heterocycles. The van der Waals surface area contributed by atoms with Crippen LogP contribution in [0.3, 0.4) is 0 Å². The van der Waals surface area contributed by atoms with Crippen molar-refractivity contribution in [1.82, 2.24) is 15.2 Å². The van der Waals surface area contributed by atoms with Gasteiger partial charge in [0, 0.05) is 24.6 Å². The fraction of sp³-hybridized carbons (Fsp3) is 0.565. The van der Waals surface area contributed by atoms with E-state index >= 15 is 0 Å². The van der Waals surface area contributed by atoms with Gasteiger partial charge in [-0.1, -0.05) is 25.1 Å². The molecule has 0 spiro atoms. The molecule has 1 fully saturated rings. The van der Waals surface area contributed by atoms with E-state index in [1.165, 1.54) is 0 Å². The standard InChI is InChI=1S/C23H34N4O2S/c1-4-18(3)24-23(30)27(10-6-9-26-11-13-29-14-12-26)16-20-15-19-8-5-7-17(2)21(19)25-22(20)28/h5,7-8,15,18H,4,6,9-14,16H2,1-3H3,(H,24,30)(H,25,28)/p+1/t18-/m1/s1.